The van der Waals surface area contributed by atoms with Crippen molar-refractivity contribution in [2.45, 2.75) is 11.8 Å². The molecule has 1 rings (SSSR count). The van der Waals surface area contributed by atoms with E-state index in [0.29, 0.717) is 22.5 Å². The van der Waals surface area contributed by atoms with Gasteiger partial charge in [0, 0.05) is 18.3 Å². The number of aryl methyl sites for hydroxylation is 1. The average Bonchev–Trinajstić information content (AvgIpc) is 2.12. The molecule has 0 heterocycles. The fraction of sp³-hybridized carbons (Fsp3) is 0.125. The lowest BCUT2D eigenvalue weighted by Crippen LogP contribution is -2.01. The van der Waals surface area contributed by atoms with Gasteiger partial charge in [0.05, 0.1) is 16.1 Å². The Labute approximate surface area is 79.5 Å². The maximum atomic E-state index is 13.3. The number of halogens is 1. The molecule has 5 heteroatoms. The van der Waals surface area contributed by atoms with E-state index in [-0.39, 0.29) is 11.3 Å². The van der Waals surface area contributed by atoms with Crippen LogP contribution in [0.2, 0.25) is 0 Å². The molecule has 13 heavy (non-hydrogen) atoms. The SMILES string of the molecule is Cc1cc(SO)c(N)c(C=N)c1F. The molecule has 0 saturated heterocycles. The van der Waals surface area contributed by atoms with Gasteiger partial charge < -0.3 is 15.7 Å². The van der Waals surface area contributed by atoms with Crippen LogP contribution in [0.3, 0.4) is 0 Å². The maximum absolute atomic E-state index is 13.3. The molecule has 0 atom stereocenters. The average molecular weight is 200 g/mol. The molecular formula is C8H9FN2OS. The van der Waals surface area contributed by atoms with Gasteiger partial charge in [0.2, 0.25) is 0 Å². The molecular weight excluding hydrogens is 191 g/mol. The summed E-state index contributed by atoms with van der Waals surface area (Å²) < 4.78 is 22.0. The van der Waals surface area contributed by atoms with E-state index in [2.05, 4.69) is 0 Å². The predicted octanol–water partition coefficient (Wildman–Crippen LogP) is 2.28. The largest absolute Gasteiger partial charge is 0.397 e. The quantitative estimate of drug-likeness (QED) is 0.389. The molecule has 0 aliphatic rings. The Morgan fingerprint density at radius 2 is 2.31 bits per heavy atom. The molecule has 0 amide bonds. The zero-order valence-electron chi connectivity index (χ0n) is 6.97. The molecule has 0 spiro atoms. The lowest BCUT2D eigenvalue weighted by Gasteiger charge is -2.08. The Morgan fingerprint density at radius 3 is 2.77 bits per heavy atom. The third kappa shape index (κ3) is 1.66. The molecule has 1 aromatic rings. The molecule has 0 fully saturated rings. The van der Waals surface area contributed by atoms with Crippen molar-refractivity contribution in [3.8, 4) is 0 Å². The minimum atomic E-state index is -0.509. The van der Waals surface area contributed by atoms with Crippen LogP contribution >= 0.6 is 12.0 Å². The molecule has 0 saturated carbocycles. The molecule has 0 bridgehead atoms. The summed E-state index contributed by atoms with van der Waals surface area (Å²) in [6.07, 6.45) is 0.845. The van der Waals surface area contributed by atoms with Gasteiger partial charge in [-0.15, -0.1) is 0 Å². The van der Waals surface area contributed by atoms with Crippen LogP contribution in [-0.4, -0.2) is 10.8 Å². The Bertz CT molecular complexity index is 354. The molecule has 0 aromatic heterocycles. The van der Waals surface area contributed by atoms with E-state index in [1.165, 1.54) is 6.07 Å². The van der Waals surface area contributed by atoms with E-state index < -0.39 is 5.82 Å². The smallest absolute Gasteiger partial charge is 0.137 e. The molecule has 1 aromatic carbocycles. The first-order chi connectivity index (χ1) is 6.11. The first-order valence-electron chi connectivity index (χ1n) is 3.52. The molecule has 0 aliphatic carbocycles. The normalized spacial score (nSPS) is 10.1. The number of nitrogen functional groups attached to an aromatic ring is 1. The van der Waals surface area contributed by atoms with E-state index in [1.54, 1.807) is 6.92 Å². The minimum Gasteiger partial charge on any atom is -0.397 e. The molecule has 0 radical (unpaired) electrons. The number of rotatable bonds is 2. The monoisotopic (exact) mass is 200 g/mol. The van der Waals surface area contributed by atoms with Gasteiger partial charge in [-0.1, -0.05) is 0 Å². The second-order valence-corrected chi connectivity index (χ2v) is 3.19. The van der Waals surface area contributed by atoms with Crippen molar-refractivity contribution in [1.82, 2.24) is 0 Å². The zero-order chi connectivity index (χ0) is 10.0. The standard InChI is InChI=1S/C8H9FN2OS/c1-4-2-6(13-12)8(11)5(3-10)7(4)9/h2-3,10,12H,11H2,1H3. The van der Waals surface area contributed by atoms with Crippen LogP contribution in [0.5, 0.6) is 0 Å². The first-order valence-corrected chi connectivity index (χ1v) is 4.29. The number of hydrogen-bond donors (Lipinski definition) is 3. The van der Waals surface area contributed by atoms with Crippen LogP contribution in [0.1, 0.15) is 11.1 Å². The Kier molecular flexibility index (Phi) is 2.90. The molecule has 4 N–H and O–H groups in total. The van der Waals surface area contributed by atoms with E-state index in [4.69, 9.17) is 15.7 Å². The summed E-state index contributed by atoms with van der Waals surface area (Å²) in [5.41, 5.74) is 5.99. The van der Waals surface area contributed by atoms with Gasteiger partial charge in [-0.25, -0.2) is 4.39 Å². The highest BCUT2D eigenvalue weighted by Crippen LogP contribution is 2.29. The fourth-order valence-corrected chi connectivity index (χ4v) is 1.46. The summed E-state index contributed by atoms with van der Waals surface area (Å²) >= 11 is 0.453. The van der Waals surface area contributed by atoms with Crippen LogP contribution in [0.25, 0.3) is 0 Å². The van der Waals surface area contributed by atoms with Crippen molar-refractivity contribution >= 4 is 23.9 Å². The third-order valence-electron chi connectivity index (χ3n) is 1.73. The van der Waals surface area contributed by atoms with E-state index >= 15 is 0 Å². The lowest BCUT2D eigenvalue weighted by molar-refractivity contribution is 0.615. The van der Waals surface area contributed by atoms with Gasteiger partial charge >= 0.3 is 0 Å². The van der Waals surface area contributed by atoms with Gasteiger partial charge in [0.15, 0.2) is 0 Å². The van der Waals surface area contributed by atoms with Gasteiger partial charge in [0.25, 0.3) is 0 Å². The Hall–Kier alpha value is -1.07. The van der Waals surface area contributed by atoms with E-state index in [9.17, 15) is 4.39 Å². The fourth-order valence-electron chi connectivity index (χ4n) is 1.02. The third-order valence-corrected chi connectivity index (χ3v) is 2.26. The van der Waals surface area contributed by atoms with Crippen molar-refractivity contribution in [3.63, 3.8) is 0 Å². The van der Waals surface area contributed by atoms with Gasteiger partial charge in [-0.05, 0) is 18.6 Å². The Morgan fingerprint density at radius 1 is 1.69 bits per heavy atom. The molecule has 70 valence electrons. The van der Waals surface area contributed by atoms with Gasteiger partial charge in [0.1, 0.15) is 5.82 Å². The number of nitrogens with two attached hydrogens (primary N) is 1. The second kappa shape index (κ2) is 3.76. The Balaban J connectivity index is 3.47. The number of hydrogen-bond acceptors (Lipinski definition) is 4. The van der Waals surface area contributed by atoms with Crippen LogP contribution in [0, 0.1) is 18.2 Å². The summed E-state index contributed by atoms with van der Waals surface area (Å²) in [6.45, 7) is 1.56. The molecule has 0 unspecified atom stereocenters. The molecule has 0 aliphatic heterocycles. The summed E-state index contributed by atoms with van der Waals surface area (Å²) in [5.74, 6) is -0.509. The molecule has 3 nitrogen and oxygen atoms in total. The van der Waals surface area contributed by atoms with Crippen LogP contribution in [0.4, 0.5) is 10.1 Å². The minimum absolute atomic E-state index is 0.0246. The summed E-state index contributed by atoms with van der Waals surface area (Å²) in [4.78, 5) is 0.373. The summed E-state index contributed by atoms with van der Waals surface area (Å²) in [5, 5.41) is 6.96. The van der Waals surface area contributed by atoms with Crippen LogP contribution in [-0.2, 0) is 0 Å². The maximum Gasteiger partial charge on any atom is 0.137 e. The highest BCUT2D eigenvalue weighted by atomic mass is 32.2. The van der Waals surface area contributed by atoms with Gasteiger partial charge in [-0.2, -0.15) is 0 Å². The number of anilines is 1. The van der Waals surface area contributed by atoms with Crippen molar-refractivity contribution < 1.29 is 8.94 Å². The van der Waals surface area contributed by atoms with Crippen molar-refractivity contribution in [2.24, 2.45) is 0 Å². The zero-order valence-corrected chi connectivity index (χ0v) is 7.78. The van der Waals surface area contributed by atoms with Crippen molar-refractivity contribution in [3.05, 3.63) is 23.0 Å². The predicted molar refractivity (Wildman–Crippen MR) is 51.9 cm³/mol. The highest BCUT2D eigenvalue weighted by Gasteiger charge is 2.12. The lowest BCUT2D eigenvalue weighted by atomic mass is 10.1. The van der Waals surface area contributed by atoms with Crippen LogP contribution in [0.15, 0.2) is 11.0 Å². The topological polar surface area (TPSA) is 70.1 Å². The summed E-state index contributed by atoms with van der Waals surface area (Å²) in [7, 11) is 0. The second-order valence-electron chi connectivity index (χ2n) is 2.57. The first kappa shape index (κ1) is 10.0. The van der Waals surface area contributed by atoms with Crippen LogP contribution < -0.4 is 5.73 Å². The van der Waals surface area contributed by atoms with Gasteiger partial charge in [-0.3, -0.25) is 0 Å². The van der Waals surface area contributed by atoms with Crippen molar-refractivity contribution in [2.75, 3.05) is 5.73 Å². The number of benzene rings is 1. The summed E-state index contributed by atoms with van der Waals surface area (Å²) in [6, 6.07) is 1.45. The highest BCUT2D eigenvalue weighted by molar-refractivity contribution is 7.94. The van der Waals surface area contributed by atoms with E-state index in [0.717, 1.165) is 6.21 Å². The van der Waals surface area contributed by atoms with E-state index in [1.807, 2.05) is 0 Å². The number of nitrogens with one attached hydrogen (secondary N) is 1. The van der Waals surface area contributed by atoms with Crippen molar-refractivity contribution in [1.29, 1.82) is 5.41 Å².